The summed E-state index contributed by atoms with van der Waals surface area (Å²) in [5.41, 5.74) is 1.24. The van der Waals surface area contributed by atoms with Crippen LogP contribution in [0.2, 0.25) is 5.02 Å². The van der Waals surface area contributed by atoms with Gasteiger partial charge in [0.15, 0.2) is 0 Å². The third kappa shape index (κ3) is 6.82. The number of halogens is 1. The van der Waals surface area contributed by atoms with E-state index in [-0.39, 0.29) is 0 Å². The van der Waals surface area contributed by atoms with E-state index in [9.17, 15) is 0 Å². The fraction of sp³-hybridized carbons (Fsp3) is 0.667. The molecule has 0 aromatic heterocycles. The van der Waals surface area contributed by atoms with Crippen molar-refractivity contribution in [2.45, 2.75) is 52.5 Å². The fourth-order valence-electron chi connectivity index (χ4n) is 2.57. The molecule has 2 nitrogen and oxygen atoms in total. The molecule has 0 spiro atoms. The van der Waals surface area contributed by atoms with E-state index in [2.05, 4.69) is 43.1 Å². The van der Waals surface area contributed by atoms with Gasteiger partial charge in [0, 0.05) is 11.1 Å². The minimum atomic E-state index is 0.356. The van der Waals surface area contributed by atoms with Gasteiger partial charge in [0.25, 0.3) is 0 Å². The summed E-state index contributed by atoms with van der Waals surface area (Å²) in [5, 5.41) is 4.53. The Hall–Kier alpha value is -0.570. The van der Waals surface area contributed by atoms with E-state index in [0.29, 0.717) is 6.04 Å². The summed E-state index contributed by atoms with van der Waals surface area (Å²) in [5.74, 6) is 0. The molecule has 21 heavy (non-hydrogen) atoms. The highest BCUT2D eigenvalue weighted by molar-refractivity contribution is 6.31. The molecule has 3 heteroatoms. The molecule has 0 aliphatic carbocycles. The molecular formula is C18H31ClN2. The quantitative estimate of drug-likeness (QED) is 0.626. The van der Waals surface area contributed by atoms with Gasteiger partial charge in [-0.1, -0.05) is 57.0 Å². The Labute approximate surface area is 135 Å². The molecule has 120 valence electrons. The smallest absolute Gasteiger partial charge is 0.0453 e. The third-order valence-electron chi connectivity index (χ3n) is 3.93. The van der Waals surface area contributed by atoms with Crippen LogP contribution in [-0.4, -0.2) is 31.1 Å². The molecule has 0 bridgehead atoms. The van der Waals surface area contributed by atoms with E-state index in [1.807, 2.05) is 12.1 Å². The maximum Gasteiger partial charge on any atom is 0.0453 e. The fourth-order valence-corrected chi connectivity index (χ4v) is 2.83. The van der Waals surface area contributed by atoms with Crippen LogP contribution in [0, 0.1) is 0 Å². The molecule has 1 aromatic carbocycles. The van der Waals surface area contributed by atoms with Gasteiger partial charge >= 0.3 is 0 Å². The Bertz CT molecular complexity index is 381. The Balaban J connectivity index is 2.63. The predicted octanol–water partition coefficient (Wildman–Crippen LogP) is 4.89. The molecule has 1 aromatic rings. The first kappa shape index (κ1) is 18.5. The standard InChI is InChI=1S/C18H31ClN2/c1-4-7-14-21(6-3)15-12-18(20-13-5-2)16-10-8-9-11-17(16)19/h8-11,18,20H,4-7,12-15H2,1-3H3. The third-order valence-corrected chi connectivity index (χ3v) is 4.27. The molecule has 1 atom stereocenters. The summed E-state index contributed by atoms with van der Waals surface area (Å²) >= 11 is 6.38. The molecule has 0 saturated carbocycles. The highest BCUT2D eigenvalue weighted by atomic mass is 35.5. The predicted molar refractivity (Wildman–Crippen MR) is 94.1 cm³/mol. The lowest BCUT2D eigenvalue weighted by atomic mass is 10.0. The molecule has 0 aliphatic rings. The van der Waals surface area contributed by atoms with Crippen molar-refractivity contribution >= 4 is 11.6 Å². The summed E-state index contributed by atoms with van der Waals surface area (Å²) in [6.45, 7) is 11.2. The number of unbranched alkanes of at least 4 members (excludes halogenated alkanes) is 1. The van der Waals surface area contributed by atoms with E-state index < -0.39 is 0 Å². The van der Waals surface area contributed by atoms with Crippen molar-refractivity contribution in [3.8, 4) is 0 Å². The molecular weight excluding hydrogens is 280 g/mol. The minimum absolute atomic E-state index is 0.356. The molecule has 0 saturated heterocycles. The first-order valence-electron chi connectivity index (χ1n) is 8.43. The molecule has 0 heterocycles. The first-order chi connectivity index (χ1) is 10.2. The second kappa shape index (κ2) is 11.1. The zero-order valence-corrected chi connectivity index (χ0v) is 14.6. The van der Waals surface area contributed by atoms with E-state index in [4.69, 9.17) is 11.6 Å². The number of rotatable bonds is 11. The van der Waals surface area contributed by atoms with Gasteiger partial charge < -0.3 is 10.2 Å². The molecule has 0 aliphatic heterocycles. The van der Waals surface area contributed by atoms with Crippen LogP contribution >= 0.6 is 11.6 Å². The van der Waals surface area contributed by atoms with E-state index >= 15 is 0 Å². The highest BCUT2D eigenvalue weighted by Gasteiger charge is 2.15. The average Bonchev–Trinajstić information content (AvgIpc) is 2.51. The van der Waals surface area contributed by atoms with Crippen molar-refractivity contribution in [1.29, 1.82) is 0 Å². The number of hydrogen-bond donors (Lipinski definition) is 1. The summed E-state index contributed by atoms with van der Waals surface area (Å²) in [7, 11) is 0. The largest absolute Gasteiger partial charge is 0.310 e. The summed E-state index contributed by atoms with van der Waals surface area (Å²) < 4.78 is 0. The molecule has 0 amide bonds. The van der Waals surface area contributed by atoms with Crippen molar-refractivity contribution in [3.05, 3.63) is 34.9 Å². The first-order valence-corrected chi connectivity index (χ1v) is 8.80. The van der Waals surface area contributed by atoms with Gasteiger partial charge in [0.1, 0.15) is 0 Å². The lowest BCUT2D eigenvalue weighted by Crippen LogP contribution is -2.30. The Morgan fingerprint density at radius 2 is 1.86 bits per heavy atom. The van der Waals surface area contributed by atoms with Crippen molar-refractivity contribution in [3.63, 3.8) is 0 Å². The maximum atomic E-state index is 6.38. The van der Waals surface area contributed by atoms with Crippen LogP contribution in [0.4, 0.5) is 0 Å². The second-order valence-corrected chi connectivity index (χ2v) is 6.01. The normalized spacial score (nSPS) is 12.8. The van der Waals surface area contributed by atoms with Crippen molar-refractivity contribution in [2.75, 3.05) is 26.2 Å². The molecule has 1 N–H and O–H groups in total. The number of benzene rings is 1. The number of nitrogens with one attached hydrogen (secondary N) is 1. The summed E-state index contributed by atoms with van der Waals surface area (Å²) in [6.07, 6.45) is 4.81. The van der Waals surface area contributed by atoms with Gasteiger partial charge in [0.2, 0.25) is 0 Å². The maximum absolute atomic E-state index is 6.38. The Morgan fingerprint density at radius 3 is 2.48 bits per heavy atom. The van der Waals surface area contributed by atoms with Crippen molar-refractivity contribution in [2.24, 2.45) is 0 Å². The van der Waals surface area contributed by atoms with E-state index in [0.717, 1.165) is 37.5 Å². The number of hydrogen-bond acceptors (Lipinski definition) is 2. The number of nitrogens with zero attached hydrogens (tertiary/aromatic N) is 1. The van der Waals surface area contributed by atoms with Crippen LogP contribution in [0.25, 0.3) is 0 Å². The lowest BCUT2D eigenvalue weighted by Gasteiger charge is -2.25. The molecule has 1 rings (SSSR count). The zero-order chi connectivity index (χ0) is 15.5. The Morgan fingerprint density at radius 1 is 1.10 bits per heavy atom. The van der Waals surface area contributed by atoms with Crippen molar-refractivity contribution in [1.82, 2.24) is 10.2 Å². The van der Waals surface area contributed by atoms with Crippen LogP contribution < -0.4 is 5.32 Å². The van der Waals surface area contributed by atoms with Crippen LogP contribution in [0.3, 0.4) is 0 Å². The van der Waals surface area contributed by atoms with Crippen LogP contribution in [0.5, 0.6) is 0 Å². The van der Waals surface area contributed by atoms with E-state index in [1.54, 1.807) is 0 Å². The van der Waals surface area contributed by atoms with Gasteiger partial charge in [0.05, 0.1) is 0 Å². The summed E-state index contributed by atoms with van der Waals surface area (Å²) in [4.78, 5) is 2.54. The van der Waals surface area contributed by atoms with Crippen LogP contribution in [0.1, 0.15) is 58.1 Å². The van der Waals surface area contributed by atoms with Gasteiger partial charge in [-0.2, -0.15) is 0 Å². The molecule has 0 fully saturated rings. The second-order valence-electron chi connectivity index (χ2n) is 5.60. The van der Waals surface area contributed by atoms with Crippen LogP contribution in [-0.2, 0) is 0 Å². The van der Waals surface area contributed by atoms with Gasteiger partial charge in [-0.15, -0.1) is 0 Å². The molecule has 1 unspecified atom stereocenters. The highest BCUT2D eigenvalue weighted by Crippen LogP contribution is 2.25. The topological polar surface area (TPSA) is 15.3 Å². The Kier molecular flexibility index (Phi) is 9.73. The minimum Gasteiger partial charge on any atom is -0.310 e. The van der Waals surface area contributed by atoms with Crippen LogP contribution in [0.15, 0.2) is 24.3 Å². The van der Waals surface area contributed by atoms with Crippen molar-refractivity contribution < 1.29 is 0 Å². The van der Waals surface area contributed by atoms with E-state index in [1.165, 1.54) is 24.9 Å². The summed E-state index contributed by atoms with van der Waals surface area (Å²) in [6, 6.07) is 8.58. The lowest BCUT2D eigenvalue weighted by molar-refractivity contribution is 0.265. The zero-order valence-electron chi connectivity index (χ0n) is 13.9. The van der Waals surface area contributed by atoms with Gasteiger partial charge in [-0.25, -0.2) is 0 Å². The molecule has 0 radical (unpaired) electrons. The SMILES string of the molecule is CCCCN(CC)CCC(NCCC)c1ccccc1Cl. The average molecular weight is 311 g/mol. The monoisotopic (exact) mass is 310 g/mol. The van der Waals surface area contributed by atoms with Gasteiger partial charge in [-0.3, -0.25) is 0 Å². The van der Waals surface area contributed by atoms with Gasteiger partial charge in [-0.05, 0) is 57.1 Å².